The Morgan fingerprint density at radius 2 is 2.18 bits per heavy atom. The molecule has 1 aromatic heterocycles. The largest absolute Gasteiger partial charge is 0.573 e. The van der Waals surface area contributed by atoms with E-state index in [-0.39, 0.29) is 34.7 Å². The van der Waals surface area contributed by atoms with E-state index in [0.29, 0.717) is 28.6 Å². The summed E-state index contributed by atoms with van der Waals surface area (Å²) in [7, 11) is 0. The van der Waals surface area contributed by atoms with Gasteiger partial charge in [-0.05, 0) is 31.0 Å². The number of nitrogens with zero attached hydrogens (tertiary/aromatic N) is 1. The van der Waals surface area contributed by atoms with Gasteiger partial charge in [0.1, 0.15) is 17.2 Å². The zero-order valence-electron chi connectivity index (χ0n) is 14.5. The molecule has 11 heteroatoms. The minimum absolute atomic E-state index is 0.188. The number of carbonyl (C=O) groups excluding carboxylic acids is 2. The Kier molecular flexibility index (Phi) is 4.38. The summed E-state index contributed by atoms with van der Waals surface area (Å²) < 4.78 is 46.9. The first-order chi connectivity index (χ1) is 13.1. The Balaban J connectivity index is 1.64. The number of carbonyl (C=O) groups is 2. The van der Waals surface area contributed by atoms with Crippen molar-refractivity contribution in [3.8, 4) is 5.75 Å². The number of nitrogens with one attached hydrogen (secondary N) is 1. The van der Waals surface area contributed by atoms with Gasteiger partial charge < -0.3 is 19.7 Å². The highest BCUT2D eigenvalue weighted by atomic mass is 35.5. The van der Waals surface area contributed by atoms with Gasteiger partial charge in [-0.15, -0.1) is 24.5 Å². The van der Waals surface area contributed by atoms with Gasteiger partial charge in [-0.25, -0.2) is 4.79 Å². The topological polar surface area (TPSA) is 67.9 Å². The van der Waals surface area contributed by atoms with Gasteiger partial charge in [0.2, 0.25) is 0 Å². The molecule has 4 rings (SSSR count). The molecule has 2 aliphatic heterocycles. The number of likely N-dealkylation sites (tertiary alicyclic amines) is 1. The van der Waals surface area contributed by atoms with Crippen molar-refractivity contribution in [1.29, 1.82) is 0 Å². The summed E-state index contributed by atoms with van der Waals surface area (Å²) in [5, 5.41) is 3.46. The van der Waals surface area contributed by atoms with Gasteiger partial charge in [0.25, 0.3) is 5.91 Å². The first kappa shape index (κ1) is 19.1. The van der Waals surface area contributed by atoms with Crippen LogP contribution in [-0.4, -0.2) is 48.5 Å². The van der Waals surface area contributed by atoms with Gasteiger partial charge in [-0.1, -0.05) is 11.6 Å². The molecule has 2 fully saturated rings. The molecule has 1 unspecified atom stereocenters. The third kappa shape index (κ3) is 3.35. The number of cyclic esters (lactones) is 1. The zero-order chi connectivity index (χ0) is 20.3. The molecule has 150 valence electrons. The molecule has 2 aromatic rings. The molecule has 2 amide bonds. The molecule has 2 aliphatic rings. The van der Waals surface area contributed by atoms with E-state index in [1.54, 1.807) is 11.8 Å². The summed E-state index contributed by atoms with van der Waals surface area (Å²) >= 11 is 7.42. The maximum absolute atomic E-state index is 13.0. The van der Waals surface area contributed by atoms with Crippen molar-refractivity contribution >= 4 is 45.0 Å². The molecule has 1 aromatic carbocycles. The van der Waals surface area contributed by atoms with Crippen LogP contribution in [0.1, 0.15) is 21.7 Å². The fourth-order valence-corrected chi connectivity index (χ4v) is 5.26. The van der Waals surface area contributed by atoms with E-state index in [1.165, 1.54) is 12.1 Å². The number of aryl methyl sites for hydroxylation is 1. The van der Waals surface area contributed by atoms with Gasteiger partial charge in [0.05, 0.1) is 10.6 Å². The van der Waals surface area contributed by atoms with E-state index in [9.17, 15) is 22.8 Å². The standard InChI is InChI=1S/C17H14ClF3N2O4S/c1-8-4-9(27-17(19,20)21)5-10-11(8)12(18)13(28-10)14(24)23-3-2-16(6-23)7-26-15(25)22-16/h4-5H,2-3,6-7H2,1H3,(H,22,25). The average molecular weight is 435 g/mol. The lowest BCUT2D eigenvalue weighted by Gasteiger charge is -2.21. The molecular weight excluding hydrogens is 421 g/mol. The van der Waals surface area contributed by atoms with Crippen LogP contribution in [0.3, 0.4) is 0 Å². The number of hydrogen-bond donors (Lipinski definition) is 1. The van der Waals surface area contributed by atoms with Crippen LogP contribution in [0.4, 0.5) is 18.0 Å². The summed E-state index contributed by atoms with van der Waals surface area (Å²) in [6, 6.07) is 2.46. The Morgan fingerprint density at radius 1 is 1.43 bits per heavy atom. The van der Waals surface area contributed by atoms with Gasteiger partial charge in [0.15, 0.2) is 0 Å². The van der Waals surface area contributed by atoms with Crippen molar-refractivity contribution < 1.29 is 32.2 Å². The number of thiophene rings is 1. The second-order valence-corrected chi connectivity index (χ2v) is 8.29. The predicted octanol–water partition coefficient (Wildman–Crippen LogP) is 4.09. The molecule has 1 N–H and O–H groups in total. The fourth-order valence-electron chi connectivity index (χ4n) is 3.58. The predicted molar refractivity (Wildman–Crippen MR) is 96.0 cm³/mol. The van der Waals surface area contributed by atoms with Crippen LogP contribution >= 0.6 is 22.9 Å². The van der Waals surface area contributed by atoms with Crippen LogP contribution in [0.15, 0.2) is 12.1 Å². The lowest BCUT2D eigenvalue weighted by molar-refractivity contribution is -0.274. The van der Waals surface area contributed by atoms with Crippen LogP contribution in [0.2, 0.25) is 5.02 Å². The molecule has 0 aliphatic carbocycles. The van der Waals surface area contributed by atoms with Crippen molar-refractivity contribution in [2.75, 3.05) is 19.7 Å². The van der Waals surface area contributed by atoms with E-state index in [1.807, 2.05) is 0 Å². The molecule has 6 nitrogen and oxygen atoms in total. The van der Waals surface area contributed by atoms with Crippen LogP contribution in [0.25, 0.3) is 10.1 Å². The van der Waals surface area contributed by atoms with Gasteiger partial charge in [0, 0.05) is 23.2 Å². The summed E-state index contributed by atoms with van der Waals surface area (Å²) in [5.41, 5.74) is -0.120. The van der Waals surface area contributed by atoms with Crippen molar-refractivity contribution in [2.24, 2.45) is 0 Å². The number of amides is 2. The number of rotatable bonds is 2. The van der Waals surface area contributed by atoms with Crippen LogP contribution in [0, 0.1) is 6.92 Å². The molecule has 28 heavy (non-hydrogen) atoms. The van der Waals surface area contributed by atoms with Gasteiger partial charge >= 0.3 is 12.5 Å². The first-order valence-electron chi connectivity index (χ1n) is 8.29. The average Bonchev–Trinajstić information content (AvgIpc) is 3.24. The normalized spacial score (nSPS) is 22.0. The minimum Gasteiger partial charge on any atom is -0.447 e. The molecule has 0 radical (unpaired) electrons. The number of alkyl carbamates (subject to hydrolysis) is 1. The number of halogens is 4. The third-order valence-corrected chi connectivity index (χ3v) is 6.43. The third-order valence-electron chi connectivity index (χ3n) is 4.82. The van der Waals surface area contributed by atoms with Crippen molar-refractivity contribution in [2.45, 2.75) is 25.2 Å². The zero-order valence-corrected chi connectivity index (χ0v) is 16.1. The molecule has 2 saturated heterocycles. The highest BCUT2D eigenvalue weighted by molar-refractivity contribution is 7.21. The van der Waals surface area contributed by atoms with Crippen molar-refractivity contribution in [1.82, 2.24) is 10.2 Å². The molecule has 0 bridgehead atoms. The van der Waals surface area contributed by atoms with Crippen molar-refractivity contribution in [3.05, 3.63) is 27.6 Å². The summed E-state index contributed by atoms with van der Waals surface area (Å²) in [5.74, 6) is -0.692. The van der Waals surface area contributed by atoms with Crippen molar-refractivity contribution in [3.63, 3.8) is 0 Å². The fraction of sp³-hybridized carbons (Fsp3) is 0.412. The Labute approximate surface area is 166 Å². The number of benzene rings is 1. The minimum atomic E-state index is -4.81. The lowest BCUT2D eigenvalue weighted by Crippen LogP contribution is -2.46. The van der Waals surface area contributed by atoms with Crippen LogP contribution in [-0.2, 0) is 4.74 Å². The molecule has 0 saturated carbocycles. The second-order valence-electron chi connectivity index (χ2n) is 6.86. The Bertz CT molecular complexity index is 993. The Morgan fingerprint density at radius 3 is 2.82 bits per heavy atom. The van der Waals surface area contributed by atoms with Crippen LogP contribution in [0.5, 0.6) is 5.75 Å². The maximum atomic E-state index is 13.0. The summed E-state index contributed by atoms with van der Waals surface area (Å²) in [6.45, 7) is 2.49. The first-order valence-corrected chi connectivity index (χ1v) is 9.49. The van der Waals surface area contributed by atoms with Crippen LogP contribution < -0.4 is 10.1 Å². The van der Waals surface area contributed by atoms with Gasteiger partial charge in [-0.3, -0.25) is 4.79 Å². The van der Waals surface area contributed by atoms with E-state index in [0.717, 1.165) is 11.3 Å². The molecule has 3 heterocycles. The quantitative estimate of drug-likeness (QED) is 0.773. The SMILES string of the molecule is Cc1cc(OC(F)(F)F)cc2sc(C(=O)N3CCC4(COC(=O)N4)C3)c(Cl)c12. The number of fused-ring (bicyclic) bond motifs is 1. The second kappa shape index (κ2) is 6.41. The van der Waals surface area contributed by atoms with E-state index < -0.39 is 18.0 Å². The number of hydrogen-bond acceptors (Lipinski definition) is 5. The summed E-state index contributed by atoms with van der Waals surface area (Å²) in [4.78, 5) is 26.1. The monoisotopic (exact) mass is 434 g/mol. The summed E-state index contributed by atoms with van der Waals surface area (Å²) in [6.07, 6.45) is -4.77. The van der Waals surface area contributed by atoms with E-state index in [4.69, 9.17) is 16.3 Å². The Hall–Kier alpha value is -2.20. The highest BCUT2D eigenvalue weighted by Crippen LogP contribution is 2.41. The number of ether oxygens (including phenoxy) is 2. The molecule has 1 spiro atoms. The molecular formula is C17H14ClF3N2O4S. The maximum Gasteiger partial charge on any atom is 0.573 e. The van der Waals surface area contributed by atoms with E-state index in [2.05, 4.69) is 10.1 Å². The van der Waals surface area contributed by atoms with E-state index >= 15 is 0 Å². The van der Waals surface area contributed by atoms with Gasteiger partial charge in [-0.2, -0.15) is 0 Å². The smallest absolute Gasteiger partial charge is 0.447 e. The molecule has 1 atom stereocenters. The number of alkyl halides is 3. The highest BCUT2D eigenvalue weighted by Gasteiger charge is 2.47. The lowest BCUT2D eigenvalue weighted by atomic mass is 10.0.